The molecule has 1 aliphatic heterocycles. The van der Waals surface area contributed by atoms with Crippen molar-refractivity contribution in [3.63, 3.8) is 0 Å². The molecule has 1 unspecified atom stereocenters. The van der Waals surface area contributed by atoms with Crippen molar-refractivity contribution in [3.8, 4) is 6.07 Å². The van der Waals surface area contributed by atoms with Crippen LogP contribution in [-0.2, 0) is 4.79 Å². The number of rotatable bonds is 3. The van der Waals surface area contributed by atoms with Crippen molar-refractivity contribution in [2.75, 3.05) is 11.4 Å². The van der Waals surface area contributed by atoms with E-state index in [9.17, 15) is 14.9 Å². The molecule has 19 heavy (non-hydrogen) atoms. The zero-order chi connectivity index (χ0) is 13.8. The largest absolute Gasteiger partial charge is 0.356 e. The smallest absolute Gasteiger partial charge is 0.292 e. The Hall–Kier alpha value is -2.42. The van der Waals surface area contributed by atoms with Gasteiger partial charge in [-0.15, -0.1) is 0 Å². The third kappa shape index (κ3) is 2.55. The van der Waals surface area contributed by atoms with Gasteiger partial charge in [0.25, 0.3) is 5.69 Å². The highest BCUT2D eigenvalue weighted by Gasteiger charge is 2.28. The van der Waals surface area contributed by atoms with Crippen LogP contribution in [0.4, 0.5) is 11.4 Å². The van der Waals surface area contributed by atoms with E-state index in [2.05, 4.69) is 0 Å². The quantitative estimate of drug-likeness (QED) is 0.471. The number of carbonyl (C=O) groups is 1. The molecule has 1 saturated heterocycles. The summed E-state index contributed by atoms with van der Waals surface area (Å²) < 4.78 is 0. The SMILES string of the molecule is N#Cc1ccc([N+](=O)[O-])c(N2CCCCC2C=O)c1. The van der Waals surface area contributed by atoms with Crippen LogP contribution >= 0.6 is 0 Å². The molecule has 0 saturated carbocycles. The molecule has 98 valence electrons. The number of nitrogens with zero attached hydrogens (tertiary/aromatic N) is 3. The van der Waals surface area contributed by atoms with E-state index in [4.69, 9.17) is 5.26 Å². The lowest BCUT2D eigenvalue weighted by molar-refractivity contribution is -0.384. The number of piperidine rings is 1. The van der Waals surface area contributed by atoms with E-state index in [1.807, 2.05) is 6.07 Å². The van der Waals surface area contributed by atoms with Crippen LogP contribution in [0.5, 0.6) is 0 Å². The fourth-order valence-corrected chi connectivity index (χ4v) is 2.38. The van der Waals surface area contributed by atoms with Gasteiger partial charge in [-0.3, -0.25) is 10.1 Å². The fraction of sp³-hybridized carbons (Fsp3) is 0.385. The summed E-state index contributed by atoms with van der Waals surface area (Å²) in [5, 5.41) is 20.0. The van der Waals surface area contributed by atoms with Gasteiger partial charge in [0, 0.05) is 12.6 Å². The first-order valence-electron chi connectivity index (χ1n) is 6.08. The summed E-state index contributed by atoms with van der Waals surface area (Å²) in [6.07, 6.45) is 3.34. The molecule has 0 spiro atoms. The summed E-state index contributed by atoms with van der Waals surface area (Å²) in [6, 6.07) is 5.85. The maximum Gasteiger partial charge on any atom is 0.292 e. The highest BCUT2D eigenvalue weighted by Crippen LogP contribution is 2.33. The number of nitriles is 1. The number of hydrogen-bond acceptors (Lipinski definition) is 5. The molecule has 1 aromatic carbocycles. The van der Waals surface area contributed by atoms with E-state index in [1.54, 1.807) is 4.90 Å². The Morgan fingerprint density at radius 3 is 2.89 bits per heavy atom. The normalized spacial score (nSPS) is 18.7. The maximum absolute atomic E-state index is 11.1. The second-order valence-corrected chi connectivity index (χ2v) is 4.47. The molecule has 0 amide bonds. The van der Waals surface area contributed by atoms with Crippen molar-refractivity contribution in [1.82, 2.24) is 0 Å². The summed E-state index contributed by atoms with van der Waals surface area (Å²) in [7, 11) is 0. The number of nitro groups is 1. The van der Waals surface area contributed by atoms with Crippen LogP contribution in [0.15, 0.2) is 18.2 Å². The molecule has 1 aromatic rings. The van der Waals surface area contributed by atoms with Gasteiger partial charge in [-0.05, 0) is 31.4 Å². The van der Waals surface area contributed by atoms with Crippen molar-refractivity contribution in [3.05, 3.63) is 33.9 Å². The van der Waals surface area contributed by atoms with E-state index in [0.29, 0.717) is 24.2 Å². The third-order valence-electron chi connectivity index (χ3n) is 3.32. The lowest BCUT2D eigenvalue weighted by atomic mass is 10.0. The van der Waals surface area contributed by atoms with Gasteiger partial charge in [-0.1, -0.05) is 0 Å². The zero-order valence-electron chi connectivity index (χ0n) is 10.3. The highest BCUT2D eigenvalue weighted by molar-refractivity contribution is 5.73. The van der Waals surface area contributed by atoms with Gasteiger partial charge in [-0.2, -0.15) is 5.26 Å². The third-order valence-corrected chi connectivity index (χ3v) is 3.32. The first kappa shape index (κ1) is 13.0. The summed E-state index contributed by atoms with van der Waals surface area (Å²) >= 11 is 0. The zero-order valence-corrected chi connectivity index (χ0v) is 10.3. The number of anilines is 1. The molecule has 1 atom stereocenters. The van der Waals surface area contributed by atoms with Crippen LogP contribution in [0.2, 0.25) is 0 Å². The van der Waals surface area contributed by atoms with E-state index in [1.165, 1.54) is 18.2 Å². The molecule has 2 rings (SSSR count). The average molecular weight is 259 g/mol. The second kappa shape index (κ2) is 5.48. The molecule has 0 aliphatic carbocycles. The Bertz CT molecular complexity index is 551. The molecule has 1 aliphatic rings. The summed E-state index contributed by atoms with van der Waals surface area (Å²) in [5.74, 6) is 0. The van der Waals surface area contributed by atoms with Gasteiger partial charge >= 0.3 is 0 Å². The topological polar surface area (TPSA) is 87.2 Å². The predicted molar refractivity (Wildman–Crippen MR) is 68.9 cm³/mol. The lowest BCUT2D eigenvalue weighted by Crippen LogP contribution is -2.40. The predicted octanol–water partition coefficient (Wildman–Crippen LogP) is 2.02. The van der Waals surface area contributed by atoms with Crippen LogP contribution in [-0.4, -0.2) is 23.8 Å². The highest BCUT2D eigenvalue weighted by atomic mass is 16.6. The molecule has 0 N–H and O–H groups in total. The van der Waals surface area contributed by atoms with Crippen molar-refractivity contribution in [2.45, 2.75) is 25.3 Å². The minimum Gasteiger partial charge on any atom is -0.356 e. The van der Waals surface area contributed by atoms with Gasteiger partial charge < -0.3 is 9.69 Å². The molecule has 1 fully saturated rings. The molecule has 0 aromatic heterocycles. The Kier molecular flexibility index (Phi) is 3.76. The van der Waals surface area contributed by atoms with Gasteiger partial charge in [0.15, 0.2) is 0 Å². The molecular weight excluding hydrogens is 246 g/mol. The molecule has 6 heteroatoms. The molecule has 6 nitrogen and oxygen atoms in total. The fourth-order valence-electron chi connectivity index (χ4n) is 2.38. The Balaban J connectivity index is 2.48. The Morgan fingerprint density at radius 1 is 1.47 bits per heavy atom. The Labute approximate surface area is 110 Å². The summed E-state index contributed by atoms with van der Waals surface area (Å²) in [4.78, 5) is 23.4. The average Bonchev–Trinajstić information content (AvgIpc) is 2.46. The lowest BCUT2D eigenvalue weighted by Gasteiger charge is -2.33. The van der Waals surface area contributed by atoms with E-state index in [-0.39, 0.29) is 11.7 Å². The van der Waals surface area contributed by atoms with Gasteiger partial charge in [0.2, 0.25) is 0 Å². The van der Waals surface area contributed by atoms with Crippen molar-refractivity contribution in [1.29, 1.82) is 5.26 Å². The van der Waals surface area contributed by atoms with Crippen LogP contribution in [0, 0.1) is 21.4 Å². The number of benzene rings is 1. The first-order valence-corrected chi connectivity index (χ1v) is 6.08. The maximum atomic E-state index is 11.1. The number of nitro benzene ring substituents is 1. The van der Waals surface area contributed by atoms with Crippen LogP contribution < -0.4 is 4.90 Å². The Morgan fingerprint density at radius 2 is 2.26 bits per heavy atom. The van der Waals surface area contributed by atoms with Crippen molar-refractivity contribution in [2.24, 2.45) is 0 Å². The number of carbonyl (C=O) groups excluding carboxylic acids is 1. The molecule has 1 heterocycles. The number of aldehydes is 1. The second-order valence-electron chi connectivity index (χ2n) is 4.47. The van der Waals surface area contributed by atoms with Crippen LogP contribution in [0.1, 0.15) is 24.8 Å². The van der Waals surface area contributed by atoms with Gasteiger partial charge in [-0.25, -0.2) is 0 Å². The van der Waals surface area contributed by atoms with E-state index >= 15 is 0 Å². The first-order chi connectivity index (χ1) is 9.17. The van der Waals surface area contributed by atoms with Gasteiger partial charge in [0.1, 0.15) is 12.0 Å². The van der Waals surface area contributed by atoms with Crippen LogP contribution in [0.25, 0.3) is 0 Å². The minimum atomic E-state index is -0.479. The standard InChI is InChI=1S/C13H13N3O3/c14-8-10-4-5-12(16(18)19)13(7-10)15-6-2-1-3-11(15)9-17/h4-5,7,9,11H,1-3,6H2. The molecule has 0 radical (unpaired) electrons. The minimum absolute atomic E-state index is 0.0623. The van der Waals surface area contributed by atoms with E-state index < -0.39 is 4.92 Å². The van der Waals surface area contributed by atoms with Crippen molar-refractivity contribution >= 4 is 17.7 Å². The molecular formula is C13H13N3O3. The van der Waals surface area contributed by atoms with Gasteiger partial charge in [0.05, 0.1) is 22.6 Å². The molecule has 0 bridgehead atoms. The number of hydrogen-bond donors (Lipinski definition) is 0. The van der Waals surface area contributed by atoms with Crippen LogP contribution in [0.3, 0.4) is 0 Å². The monoisotopic (exact) mass is 259 g/mol. The van der Waals surface area contributed by atoms with E-state index in [0.717, 1.165) is 19.1 Å². The summed E-state index contributed by atoms with van der Waals surface area (Å²) in [6.45, 7) is 0.596. The summed E-state index contributed by atoms with van der Waals surface area (Å²) in [5.41, 5.74) is 0.657. The van der Waals surface area contributed by atoms with Crippen molar-refractivity contribution < 1.29 is 9.72 Å².